The summed E-state index contributed by atoms with van der Waals surface area (Å²) in [5.74, 6) is -0.650. The van der Waals surface area contributed by atoms with E-state index >= 15 is 0 Å². The fraction of sp³-hybridized carbons (Fsp3) is 0.200. The zero-order valence-corrected chi connectivity index (χ0v) is 15.5. The van der Waals surface area contributed by atoms with Gasteiger partial charge in [0, 0.05) is 35.8 Å². The van der Waals surface area contributed by atoms with Crippen molar-refractivity contribution in [3.8, 4) is 0 Å². The van der Waals surface area contributed by atoms with Gasteiger partial charge in [0.05, 0.1) is 14.8 Å². The minimum atomic E-state index is -4.15. The van der Waals surface area contributed by atoms with E-state index in [1.165, 1.54) is 26.1 Å². The van der Waals surface area contributed by atoms with Crippen LogP contribution in [0.1, 0.15) is 11.1 Å². The number of hydrogen-bond acceptors (Lipinski definition) is 4. The first-order valence-electron chi connectivity index (χ1n) is 6.89. The highest BCUT2D eigenvalue weighted by Crippen LogP contribution is 2.31. The molecular weight excluding hydrogens is 394 g/mol. The van der Waals surface area contributed by atoms with Gasteiger partial charge in [0.2, 0.25) is 10.0 Å². The Bertz CT molecular complexity index is 931. The highest BCUT2D eigenvalue weighted by molar-refractivity contribution is 7.89. The number of halogens is 3. The maximum Gasteiger partial charge on any atom is 0.275 e. The van der Waals surface area contributed by atoms with Crippen molar-refractivity contribution in [3.63, 3.8) is 0 Å². The van der Waals surface area contributed by atoms with Gasteiger partial charge >= 0.3 is 0 Å². The molecule has 134 valence electrons. The third-order valence-corrected chi connectivity index (χ3v) is 6.17. The Kier molecular flexibility index (Phi) is 5.68. The van der Waals surface area contributed by atoms with Crippen LogP contribution in [0.15, 0.2) is 35.2 Å². The average Bonchev–Trinajstić information content (AvgIpc) is 2.52. The van der Waals surface area contributed by atoms with Gasteiger partial charge in [0.1, 0.15) is 5.82 Å². The van der Waals surface area contributed by atoms with Crippen molar-refractivity contribution in [1.82, 2.24) is 4.31 Å². The summed E-state index contributed by atoms with van der Waals surface area (Å²) in [7, 11) is -2.93. The van der Waals surface area contributed by atoms with Crippen LogP contribution in [0.25, 0.3) is 0 Å². The fourth-order valence-corrected chi connectivity index (χ4v) is 3.84. The lowest BCUT2D eigenvalue weighted by Gasteiger charge is -2.19. The molecule has 25 heavy (non-hydrogen) atoms. The molecule has 0 N–H and O–H groups in total. The molecule has 6 nitrogen and oxygen atoms in total. The Balaban J connectivity index is 2.46. The fourth-order valence-electron chi connectivity index (χ4n) is 2.15. The van der Waals surface area contributed by atoms with Gasteiger partial charge in [-0.1, -0.05) is 29.3 Å². The number of sulfonamides is 1. The lowest BCUT2D eigenvalue weighted by atomic mass is 10.2. The molecular formula is C15H13Cl2FN2O4S. The SMILES string of the molecule is Cc1c(Cl)cc(S(=O)(=O)N(C)Cc2c(F)cccc2Cl)cc1[N+](=O)[O-]. The van der Waals surface area contributed by atoms with Crippen molar-refractivity contribution in [2.24, 2.45) is 0 Å². The molecule has 0 heterocycles. The average molecular weight is 407 g/mol. The first-order valence-corrected chi connectivity index (χ1v) is 9.09. The summed E-state index contributed by atoms with van der Waals surface area (Å²) >= 11 is 11.8. The van der Waals surface area contributed by atoms with E-state index in [2.05, 4.69) is 0 Å². The Morgan fingerprint density at radius 3 is 2.44 bits per heavy atom. The molecule has 10 heteroatoms. The van der Waals surface area contributed by atoms with E-state index < -0.39 is 26.5 Å². The standard InChI is InChI=1S/C15H13Cl2FN2O4S/c1-9-13(17)6-10(7-15(9)20(21)22)25(23,24)19(2)8-11-12(16)4-3-5-14(11)18/h3-7H,8H2,1-2H3. The van der Waals surface area contributed by atoms with Gasteiger partial charge < -0.3 is 0 Å². The zero-order valence-electron chi connectivity index (χ0n) is 13.2. The molecule has 0 amide bonds. The van der Waals surface area contributed by atoms with E-state index in [1.807, 2.05) is 0 Å². The van der Waals surface area contributed by atoms with Gasteiger partial charge in [-0.05, 0) is 25.1 Å². The van der Waals surface area contributed by atoms with Crippen molar-refractivity contribution < 1.29 is 17.7 Å². The van der Waals surface area contributed by atoms with Crippen LogP contribution in [0.4, 0.5) is 10.1 Å². The lowest BCUT2D eigenvalue weighted by Crippen LogP contribution is -2.27. The van der Waals surface area contributed by atoms with Gasteiger partial charge in [-0.25, -0.2) is 12.8 Å². The molecule has 2 rings (SSSR count). The second-order valence-electron chi connectivity index (χ2n) is 5.27. The summed E-state index contributed by atoms with van der Waals surface area (Å²) in [6.07, 6.45) is 0. The molecule has 0 aliphatic rings. The Morgan fingerprint density at radius 2 is 1.88 bits per heavy atom. The van der Waals surface area contributed by atoms with Gasteiger partial charge in [0.15, 0.2) is 0 Å². The van der Waals surface area contributed by atoms with E-state index in [4.69, 9.17) is 23.2 Å². The summed E-state index contributed by atoms with van der Waals surface area (Å²) in [6.45, 7) is 1.08. The van der Waals surface area contributed by atoms with Crippen LogP contribution in [-0.4, -0.2) is 24.7 Å². The number of nitro benzene ring substituents is 1. The van der Waals surface area contributed by atoms with Gasteiger partial charge in [0.25, 0.3) is 5.69 Å². The predicted octanol–water partition coefficient (Wildman–Crippen LogP) is 4.17. The Labute approximate surface area is 154 Å². The molecule has 0 radical (unpaired) electrons. The van der Waals surface area contributed by atoms with E-state index in [-0.39, 0.29) is 32.6 Å². The topological polar surface area (TPSA) is 80.5 Å². The molecule has 0 fully saturated rings. The van der Waals surface area contributed by atoms with Crippen molar-refractivity contribution in [3.05, 3.63) is 67.4 Å². The minimum absolute atomic E-state index is 0.00273. The van der Waals surface area contributed by atoms with Crippen molar-refractivity contribution in [2.45, 2.75) is 18.4 Å². The van der Waals surface area contributed by atoms with Crippen molar-refractivity contribution >= 4 is 38.9 Å². The Hall–Kier alpha value is -1.74. The van der Waals surface area contributed by atoms with Crippen molar-refractivity contribution in [2.75, 3.05) is 7.05 Å². The molecule has 0 spiro atoms. The molecule has 0 aliphatic carbocycles. The zero-order chi connectivity index (χ0) is 18.9. The molecule has 0 saturated carbocycles. The highest BCUT2D eigenvalue weighted by Gasteiger charge is 2.27. The second-order valence-corrected chi connectivity index (χ2v) is 8.13. The lowest BCUT2D eigenvalue weighted by molar-refractivity contribution is -0.385. The molecule has 0 bridgehead atoms. The van der Waals surface area contributed by atoms with Crippen LogP contribution >= 0.6 is 23.2 Å². The largest absolute Gasteiger partial charge is 0.275 e. The normalized spacial score (nSPS) is 11.8. The summed E-state index contributed by atoms with van der Waals surface area (Å²) < 4.78 is 40.1. The molecule has 2 aromatic carbocycles. The maximum atomic E-state index is 13.9. The number of nitro groups is 1. The summed E-state index contributed by atoms with van der Waals surface area (Å²) in [6, 6.07) is 6.05. The summed E-state index contributed by atoms with van der Waals surface area (Å²) in [5, 5.41) is 11.1. The molecule has 0 atom stereocenters. The minimum Gasteiger partial charge on any atom is -0.258 e. The van der Waals surface area contributed by atoms with E-state index in [0.29, 0.717) is 0 Å². The van der Waals surface area contributed by atoms with Crippen LogP contribution in [0.3, 0.4) is 0 Å². The van der Waals surface area contributed by atoms with Gasteiger partial charge in [-0.3, -0.25) is 10.1 Å². The first kappa shape index (κ1) is 19.6. The predicted molar refractivity (Wildman–Crippen MR) is 92.9 cm³/mol. The number of hydrogen-bond donors (Lipinski definition) is 0. The van der Waals surface area contributed by atoms with Crippen LogP contribution in [0.5, 0.6) is 0 Å². The van der Waals surface area contributed by atoms with E-state index in [0.717, 1.165) is 22.5 Å². The summed E-state index contributed by atoms with van der Waals surface area (Å²) in [4.78, 5) is 10.0. The van der Waals surface area contributed by atoms with Crippen LogP contribution in [-0.2, 0) is 16.6 Å². The number of rotatable bonds is 5. The third-order valence-electron chi connectivity index (χ3n) is 3.64. The van der Waals surface area contributed by atoms with E-state index in [1.54, 1.807) is 0 Å². The van der Waals surface area contributed by atoms with Gasteiger partial charge in [-0.2, -0.15) is 4.31 Å². The second kappa shape index (κ2) is 7.25. The molecule has 2 aromatic rings. The summed E-state index contributed by atoms with van der Waals surface area (Å²) in [5.41, 5.74) is -0.253. The number of nitrogens with zero attached hydrogens (tertiary/aromatic N) is 2. The molecule has 0 aromatic heterocycles. The van der Waals surface area contributed by atoms with Crippen LogP contribution in [0.2, 0.25) is 10.0 Å². The molecule has 0 saturated heterocycles. The highest BCUT2D eigenvalue weighted by atomic mass is 35.5. The number of benzene rings is 2. The Morgan fingerprint density at radius 1 is 1.24 bits per heavy atom. The smallest absolute Gasteiger partial charge is 0.258 e. The molecule has 0 unspecified atom stereocenters. The first-order chi connectivity index (χ1) is 11.6. The quantitative estimate of drug-likeness (QED) is 0.551. The van der Waals surface area contributed by atoms with Crippen LogP contribution < -0.4 is 0 Å². The monoisotopic (exact) mass is 406 g/mol. The maximum absolute atomic E-state index is 13.9. The van der Waals surface area contributed by atoms with E-state index in [9.17, 15) is 22.9 Å². The van der Waals surface area contributed by atoms with Crippen LogP contribution in [0, 0.1) is 22.9 Å². The van der Waals surface area contributed by atoms with Crippen molar-refractivity contribution in [1.29, 1.82) is 0 Å². The third kappa shape index (κ3) is 3.92. The molecule has 0 aliphatic heterocycles. The van der Waals surface area contributed by atoms with Gasteiger partial charge in [-0.15, -0.1) is 0 Å².